The number of aromatic nitrogens is 3. The van der Waals surface area contributed by atoms with E-state index in [0.29, 0.717) is 5.15 Å². The minimum atomic E-state index is 0.569. The van der Waals surface area contributed by atoms with Crippen LogP contribution in [0.5, 0.6) is 0 Å². The Morgan fingerprint density at radius 3 is 2.76 bits per heavy atom. The van der Waals surface area contributed by atoms with Gasteiger partial charge in [-0.25, -0.2) is 9.97 Å². The van der Waals surface area contributed by atoms with Crippen LogP contribution < -0.4 is 0 Å². The van der Waals surface area contributed by atoms with E-state index in [0.717, 1.165) is 29.4 Å². The molecule has 4 heteroatoms. The molecule has 0 saturated heterocycles. The molecule has 2 atom stereocenters. The molecule has 0 amide bonds. The normalized spacial score (nSPS) is 23.3. The van der Waals surface area contributed by atoms with Crippen molar-refractivity contribution >= 4 is 22.6 Å². The van der Waals surface area contributed by atoms with Crippen LogP contribution in [-0.4, -0.2) is 14.5 Å². The summed E-state index contributed by atoms with van der Waals surface area (Å²) in [6.45, 7) is 7.59. The topological polar surface area (TPSA) is 30.7 Å². The van der Waals surface area contributed by atoms with E-state index >= 15 is 0 Å². The van der Waals surface area contributed by atoms with Crippen molar-refractivity contribution in [1.82, 2.24) is 14.5 Å². The summed E-state index contributed by atoms with van der Waals surface area (Å²) >= 11 is 6.22. The summed E-state index contributed by atoms with van der Waals surface area (Å²) in [7, 11) is 0. The molecule has 0 radical (unpaired) electrons. The highest BCUT2D eigenvalue weighted by Crippen LogP contribution is 2.41. The molecule has 2 aromatic rings. The average molecular weight is 250 g/mol. The van der Waals surface area contributed by atoms with E-state index in [-0.39, 0.29) is 0 Å². The fourth-order valence-corrected chi connectivity index (χ4v) is 2.76. The first kappa shape index (κ1) is 11.0. The van der Waals surface area contributed by atoms with Gasteiger partial charge in [0.05, 0.1) is 5.52 Å². The highest BCUT2D eigenvalue weighted by molar-refractivity contribution is 6.33. The summed E-state index contributed by atoms with van der Waals surface area (Å²) in [4.78, 5) is 8.46. The molecule has 3 rings (SSSR count). The van der Waals surface area contributed by atoms with E-state index in [1.54, 1.807) is 6.33 Å². The molecular weight excluding hydrogens is 234 g/mol. The van der Waals surface area contributed by atoms with E-state index < -0.39 is 0 Å². The van der Waals surface area contributed by atoms with Gasteiger partial charge in [-0.3, -0.25) is 0 Å². The first-order valence-corrected chi connectivity index (χ1v) is 6.43. The maximum atomic E-state index is 6.22. The monoisotopic (exact) mass is 249 g/mol. The molecule has 1 fully saturated rings. The Morgan fingerprint density at radius 2 is 2.12 bits per heavy atom. The number of rotatable bonds is 2. The van der Waals surface area contributed by atoms with Gasteiger partial charge >= 0.3 is 0 Å². The van der Waals surface area contributed by atoms with E-state index in [1.165, 1.54) is 17.7 Å². The second-order valence-electron chi connectivity index (χ2n) is 5.16. The molecule has 0 aromatic carbocycles. The summed E-state index contributed by atoms with van der Waals surface area (Å²) in [6.07, 6.45) is 2.87. The van der Waals surface area contributed by atoms with Crippen LogP contribution in [0.1, 0.15) is 24.6 Å². The van der Waals surface area contributed by atoms with Crippen LogP contribution in [-0.2, 0) is 6.54 Å². The maximum Gasteiger partial charge on any atom is 0.156 e. The lowest BCUT2D eigenvalue weighted by molar-refractivity contribution is 0.597. The van der Waals surface area contributed by atoms with Crippen molar-refractivity contribution in [1.29, 1.82) is 0 Å². The van der Waals surface area contributed by atoms with Crippen molar-refractivity contribution in [2.45, 2.75) is 33.7 Å². The molecule has 2 unspecified atom stereocenters. The lowest BCUT2D eigenvalue weighted by Gasteiger charge is -2.07. The van der Waals surface area contributed by atoms with Gasteiger partial charge < -0.3 is 4.57 Å². The van der Waals surface area contributed by atoms with Gasteiger partial charge in [0.25, 0.3) is 0 Å². The average Bonchev–Trinajstić information content (AvgIpc) is 2.94. The zero-order chi connectivity index (χ0) is 12.2. The van der Waals surface area contributed by atoms with Crippen molar-refractivity contribution < 1.29 is 0 Å². The molecule has 17 heavy (non-hydrogen) atoms. The Labute approximate surface area is 106 Å². The molecular formula is C13H16ClN3. The molecule has 1 saturated carbocycles. The largest absolute Gasteiger partial charge is 0.340 e. The number of halogens is 1. The summed E-state index contributed by atoms with van der Waals surface area (Å²) in [5, 5.41) is 0.569. The van der Waals surface area contributed by atoms with Crippen molar-refractivity contribution in [3.8, 4) is 0 Å². The SMILES string of the molecule is Cc1c(C)n(CC2CC2C)c2c(Cl)ncnc12. The minimum absolute atomic E-state index is 0.569. The van der Waals surface area contributed by atoms with Crippen LogP contribution in [0.15, 0.2) is 6.33 Å². The number of fused-ring (bicyclic) bond motifs is 1. The zero-order valence-electron chi connectivity index (χ0n) is 10.4. The lowest BCUT2D eigenvalue weighted by Crippen LogP contribution is -2.03. The third-order valence-corrected chi connectivity index (χ3v) is 4.32. The maximum absolute atomic E-state index is 6.22. The number of aryl methyl sites for hydroxylation is 1. The van der Waals surface area contributed by atoms with E-state index in [4.69, 9.17) is 11.6 Å². The quantitative estimate of drug-likeness (QED) is 0.764. The van der Waals surface area contributed by atoms with E-state index in [2.05, 4.69) is 35.3 Å². The molecule has 2 heterocycles. The van der Waals surface area contributed by atoms with Crippen LogP contribution >= 0.6 is 11.6 Å². The molecule has 0 N–H and O–H groups in total. The van der Waals surface area contributed by atoms with Gasteiger partial charge in [0.15, 0.2) is 5.15 Å². The third-order valence-electron chi connectivity index (χ3n) is 4.04. The highest BCUT2D eigenvalue weighted by atomic mass is 35.5. The summed E-state index contributed by atoms with van der Waals surface area (Å²) in [6, 6.07) is 0. The lowest BCUT2D eigenvalue weighted by atomic mass is 10.2. The first-order valence-electron chi connectivity index (χ1n) is 6.05. The van der Waals surface area contributed by atoms with Gasteiger partial charge in [0.2, 0.25) is 0 Å². The van der Waals surface area contributed by atoms with Crippen molar-refractivity contribution in [2.75, 3.05) is 0 Å². The third kappa shape index (κ3) is 1.64. The Kier molecular flexibility index (Phi) is 2.40. The van der Waals surface area contributed by atoms with Crippen LogP contribution in [0.2, 0.25) is 5.15 Å². The zero-order valence-corrected chi connectivity index (χ0v) is 11.1. The second-order valence-corrected chi connectivity index (χ2v) is 5.51. The van der Waals surface area contributed by atoms with Crippen LogP contribution in [0.4, 0.5) is 0 Å². The predicted octanol–water partition coefficient (Wildman–Crippen LogP) is 3.36. The van der Waals surface area contributed by atoms with Crippen molar-refractivity contribution in [3.05, 3.63) is 22.7 Å². The molecule has 1 aliphatic carbocycles. The van der Waals surface area contributed by atoms with E-state index in [9.17, 15) is 0 Å². The molecule has 3 nitrogen and oxygen atoms in total. The Morgan fingerprint density at radius 1 is 1.41 bits per heavy atom. The number of hydrogen-bond acceptors (Lipinski definition) is 2. The van der Waals surface area contributed by atoms with Crippen molar-refractivity contribution in [2.24, 2.45) is 11.8 Å². The van der Waals surface area contributed by atoms with Crippen LogP contribution in [0.3, 0.4) is 0 Å². The fraction of sp³-hybridized carbons (Fsp3) is 0.538. The van der Waals surface area contributed by atoms with Gasteiger partial charge in [0.1, 0.15) is 11.8 Å². The molecule has 1 aliphatic rings. The molecule has 0 aliphatic heterocycles. The van der Waals surface area contributed by atoms with Gasteiger partial charge in [0, 0.05) is 12.2 Å². The minimum Gasteiger partial charge on any atom is -0.340 e. The van der Waals surface area contributed by atoms with Gasteiger partial charge in [-0.1, -0.05) is 18.5 Å². The Bertz CT molecular complexity index is 588. The second kappa shape index (κ2) is 3.70. The van der Waals surface area contributed by atoms with Crippen LogP contribution in [0.25, 0.3) is 11.0 Å². The van der Waals surface area contributed by atoms with Crippen LogP contribution in [0, 0.1) is 25.7 Å². The fourth-order valence-electron chi connectivity index (χ4n) is 2.53. The molecule has 0 bridgehead atoms. The predicted molar refractivity (Wildman–Crippen MR) is 69.3 cm³/mol. The molecule has 0 spiro atoms. The van der Waals surface area contributed by atoms with Gasteiger partial charge in [-0.05, 0) is 37.7 Å². The Balaban J connectivity index is 2.18. The summed E-state index contributed by atoms with van der Waals surface area (Å²) < 4.78 is 2.29. The number of nitrogens with zero attached hydrogens (tertiary/aromatic N) is 3. The summed E-state index contributed by atoms with van der Waals surface area (Å²) in [5.41, 5.74) is 4.48. The van der Waals surface area contributed by atoms with Gasteiger partial charge in [-0.15, -0.1) is 0 Å². The Hall–Kier alpha value is -1.09. The number of hydrogen-bond donors (Lipinski definition) is 0. The molecule has 90 valence electrons. The highest BCUT2D eigenvalue weighted by Gasteiger charge is 2.33. The van der Waals surface area contributed by atoms with Gasteiger partial charge in [-0.2, -0.15) is 0 Å². The standard InChI is InChI=1S/C13H16ClN3/c1-7-4-10(7)5-17-9(3)8(2)11-12(17)13(14)16-6-15-11/h6-7,10H,4-5H2,1-3H3. The molecule has 2 aromatic heterocycles. The van der Waals surface area contributed by atoms with Crippen molar-refractivity contribution in [3.63, 3.8) is 0 Å². The van der Waals surface area contributed by atoms with E-state index in [1.807, 2.05) is 0 Å². The summed E-state index contributed by atoms with van der Waals surface area (Å²) in [5.74, 6) is 1.63. The smallest absolute Gasteiger partial charge is 0.156 e. The first-order chi connectivity index (χ1) is 8.09.